The second kappa shape index (κ2) is 3.17. The molecule has 0 bridgehead atoms. The Morgan fingerprint density at radius 1 is 1.67 bits per heavy atom. The van der Waals surface area contributed by atoms with Crippen molar-refractivity contribution in [2.24, 2.45) is 0 Å². The second-order valence-corrected chi connectivity index (χ2v) is 2.38. The maximum absolute atomic E-state index is 10.6. The standard InChI is InChI=1S/C9H8O3/c1-6-4-7(9(11)12)2-3-8(6)5-10/h2-5H,1H3,(H,11,12)/i4D. The molecule has 62 valence electrons. The third kappa shape index (κ3) is 1.50. The van der Waals surface area contributed by atoms with Crippen molar-refractivity contribution in [3.8, 4) is 0 Å². The fourth-order valence-electron chi connectivity index (χ4n) is 0.866. The Hall–Kier alpha value is -1.64. The van der Waals surface area contributed by atoms with E-state index >= 15 is 0 Å². The van der Waals surface area contributed by atoms with Crippen LogP contribution < -0.4 is 0 Å². The van der Waals surface area contributed by atoms with Crippen molar-refractivity contribution in [1.29, 1.82) is 0 Å². The van der Waals surface area contributed by atoms with E-state index < -0.39 is 5.97 Å². The molecule has 0 radical (unpaired) electrons. The summed E-state index contributed by atoms with van der Waals surface area (Å²) in [6.45, 7) is 1.55. The number of carbonyl (C=O) groups excluding carboxylic acids is 1. The molecule has 0 aliphatic carbocycles. The monoisotopic (exact) mass is 165 g/mol. The molecule has 3 nitrogen and oxygen atoms in total. The third-order valence-corrected chi connectivity index (χ3v) is 1.54. The molecule has 0 saturated heterocycles. The van der Waals surface area contributed by atoms with E-state index in [2.05, 4.69) is 0 Å². The fourth-order valence-corrected chi connectivity index (χ4v) is 0.866. The Morgan fingerprint density at radius 3 is 2.83 bits per heavy atom. The van der Waals surface area contributed by atoms with E-state index in [0.717, 1.165) is 0 Å². The number of carbonyl (C=O) groups is 2. The third-order valence-electron chi connectivity index (χ3n) is 1.54. The van der Waals surface area contributed by atoms with Gasteiger partial charge in [-0.05, 0) is 24.6 Å². The van der Waals surface area contributed by atoms with Crippen molar-refractivity contribution < 1.29 is 16.1 Å². The Kier molecular flexibility index (Phi) is 1.86. The van der Waals surface area contributed by atoms with Crippen molar-refractivity contribution in [2.45, 2.75) is 6.92 Å². The highest BCUT2D eigenvalue weighted by atomic mass is 16.4. The van der Waals surface area contributed by atoms with Gasteiger partial charge in [0.15, 0.2) is 0 Å². The molecule has 12 heavy (non-hydrogen) atoms. The first-order valence-electron chi connectivity index (χ1n) is 3.86. The van der Waals surface area contributed by atoms with Crippen LogP contribution in [0.1, 0.15) is 27.7 Å². The molecule has 0 saturated carbocycles. The first-order valence-corrected chi connectivity index (χ1v) is 3.36. The molecule has 1 rings (SSSR count). The summed E-state index contributed by atoms with van der Waals surface area (Å²) in [5.74, 6) is -1.15. The summed E-state index contributed by atoms with van der Waals surface area (Å²) in [6, 6.07) is 2.57. The van der Waals surface area contributed by atoms with Gasteiger partial charge in [0.05, 0.1) is 6.93 Å². The van der Waals surface area contributed by atoms with Gasteiger partial charge >= 0.3 is 5.97 Å². The average molecular weight is 165 g/mol. The Morgan fingerprint density at radius 2 is 2.33 bits per heavy atom. The fraction of sp³-hybridized carbons (Fsp3) is 0.111. The van der Waals surface area contributed by atoms with Crippen LogP contribution in [0.3, 0.4) is 0 Å². The molecular formula is C9H8O3. The molecule has 0 spiro atoms. The molecule has 0 heterocycles. The lowest BCUT2D eigenvalue weighted by molar-refractivity contribution is 0.0696. The molecule has 0 aliphatic heterocycles. The van der Waals surface area contributed by atoms with Crippen LogP contribution in [0.15, 0.2) is 18.2 Å². The van der Waals surface area contributed by atoms with E-state index in [0.29, 0.717) is 17.4 Å². The Labute approximate surface area is 71.0 Å². The van der Waals surface area contributed by atoms with Crippen LogP contribution in [-0.4, -0.2) is 17.4 Å². The molecule has 3 heteroatoms. The van der Waals surface area contributed by atoms with Gasteiger partial charge in [-0.2, -0.15) is 0 Å². The number of carboxylic acid groups (broad SMARTS) is 1. The van der Waals surface area contributed by atoms with Gasteiger partial charge < -0.3 is 5.11 Å². The lowest BCUT2D eigenvalue weighted by Gasteiger charge is -1.98. The van der Waals surface area contributed by atoms with E-state index in [1.54, 1.807) is 6.92 Å². The summed E-state index contributed by atoms with van der Waals surface area (Å²) in [7, 11) is 0. The van der Waals surface area contributed by atoms with Gasteiger partial charge in [0.2, 0.25) is 0 Å². The predicted octanol–water partition coefficient (Wildman–Crippen LogP) is 1.51. The first kappa shape index (κ1) is 7.03. The largest absolute Gasteiger partial charge is 0.478 e. The van der Waals surface area contributed by atoms with Gasteiger partial charge in [-0.3, -0.25) is 4.79 Å². The van der Waals surface area contributed by atoms with Crippen LogP contribution in [0, 0.1) is 6.92 Å². The number of rotatable bonds is 2. The maximum atomic E-state index is 10.6. The lowest BCUT2D eigenvalue weighted by Crippen LogP contribution is -1.97. The summed E-state index contributed by atoms with van der Waals surface area (Å²) in [5, 5.41) is 8.65. The summed E-state index contributed by atoms with van der Waals surface area (Å²) in [5.41, 5.74) is 0.674. The molecule has 0 amide bonds. The van der Waals surface area contributed by atoms with Crippen molar-refractivity contribution in [2.75, 3.05) is 0 Å². The van der Waals surface area contributed by atoms with Crippen molar-refractivity contribution in [3.05, 3.63) is 34.9 Å². The highest BCUT2D eigenvalue weighted by molar-refractivity contribution is 5.89. The smallest absolute Gasteiger partial charge is 0.335 e. The number of aldehydes is 1. The van der Waals surface area contributed by atoms with Crippen LogP contribution in [-0.2, 0) is 0 Å². The van der Waals surface area contributed by atoms with Crippen LogP contribution in [0.5, 0.6) is 0 Å². The van der Waals surface area contributed by atoms with Gasteiger partial charge in [0.1, 0.15) is 6.29 Å². The summed E-state index contributed by atoms with van der Waals surface area (Å²) in [4.78, 5) is 21.0. The summed E-state index contributed by atoms with van der Waals surface area (Å²) in [6.07, 6.45) is 0.610. The Balaban J connectivity index is 3.39. The quantitative estimate of drug-likeness (QED) is 0.675. The zero-order valence-electron chi connectivity index (χ0n) is 7.50. The molecule has 0 aromatic heterocycles. The minimum absolute atomic E-state index is 0.0805. The van der Waals surface area contributed by atoms with E-state index in [-0.39, 0.29) is 11.6 Å². The topological polar surface area (TPSA) is 54.4 Å². The van der Waals surface area contributed by atoms with Crippen LogP contribution in [0.25, 0.3) is 0 Å². The molecule has 1 aromatic carbocycles. The van der Waals surface area contributed by atoms with E-state index in [9.17, 15) is 9.59 Å². The highest BCUT2D eigenvalue weighted by Crippen LogP contribution is 2.08. The molecule has 1 N–H and O–H groups in total. The zero-order valence-corrected chi connectivity index (χ0v) is 6.50. The van der Waals surface area contributed by atoms with Gasteiger partial charge in [-0.1, -0.05) is 6.07 Å². The Bertz CT molecular complexity index is 371. The van der Waals surface area contributed by atoms with E-state index in [1.165, 1.54) is 12.1 Å². The minimum atomic E-state index is -1.15. The van der Waals surface area contributed by atoms with E-state index in [4.69, 9.17) is 6.48 Å². The van der Waals surface area contributed by atoms with Crippen LogP contribution in [0.4, 0.5) is 0 Å². The zero-order chi connectivity index (χ0) is 10.0. The van der Waals surface area contributed by atoms with Gasteiger partial charge in [-0.15, -0.1) is 0 Å². The average Bonchev–Trinajstić information content (AvgIpc) is 2.09. The van der Waals surface area contributed by atoms with Crippen molar-refractivity contribution in [1.82, 2.24) is 0 Å². The maximum Gasteiger partial charge on any atom is 0.335 e. The number of benzene rings is 1. The SMILES string of the molecule is [2H]c1c(C(=O)O)ccc(C=O)c1C. The summed E-state index contributed by atoms with van der Waals surface area (Å²) >= 11 is 0. The molecule has 1 aromatic rings. The number of aromatic carboxylic acids is 1. The van der Waals surface area contributed by atoms with Crippen LogP contribution in [0.2, 0.25) is 0 Å². The molecule has 0 aliphatic rings. The molecule has 0 atom stereocenters. The second-order valence-electron chi connectivity index (χ2n) is 2.38. The van der Waals surface area contributed by atoms with Crippen molar-refractivity contribution in [3.63, 3.8) is 0 Å². The summed E-state index contributed by atoms with van der Waals surface area (Å²) < 4.78 is 7.43. The predicted molar refractivity (Wildman–Crippen MR) is 43.5 cm³/mol. The molecule has 0 fully saturated rings. The highest BCUT2D eigenvalue weighted by Gasteiger charge is 2.04. The van der Waals surface area contributed by atoms with Crippen molar-refractivity contribution >= 4 is 12.3 Å². The first-order chi connectivity index (χ1) is 6.07. The number of hydrogen-bond acceptors (Lipinski definition) is 2. The van der Waals surface area contributed by atoms with Gasteiger partial charge in [-0.25, -0.2) is 4.79 Å². The van der Waals surface area contributed by atoms with E-state index in [1.807, 2.05) is 0 Å². The molecular weight excluding hydrogens is 156 g/mol. The normalized spacial score (nSPS) is 10.6. The van der Waals surface area contributed by atoms with Gasteiger partial charge in [0.25, 0.3) is 0 Å². The number of carboxylic acids is 1. The van der Waals surface area contributed by atoms with Crippen LogP contribution >= 0.6 is 0 Å². The molecule has 0 unspecified atom stereocenters. The van der Waals surface area contributed by atoms with Gasteiger partial charge in [0, 0.05) is 5.56 Å². The minimum Gasteiger partial charge on any atom is -0.478 e. The number of hydrogen-bond donors (Lipinski definition) is 1. The lowest BCUT2D eigenvalue weighted by atomic mass is 10.1.